The third kappa shape index (κ3) is 6.87. The van der Waals surface area contributed by atoms with E-state index in [0.717, 1.165) is 65.6 Å². The van der Waals surface area contributed by atoms with E-state index in [2.05, 4.69) is 67.4 Å². The summed E-state index contributed by atoms with van der Waals surface area (Å²) in [5, 5.41) is 3.59. The smallest absolute Gasteiger partial charge is 0.126 e. The number of likely N-dealkylation sites (tertiary alicyclic amines) is 1. The molecule has 0 aromatic heterocycles. The number of ether oxygens (including phenoxy) is 4. The van der Waals surface area contributed by atoms with E-state index in [9.17, 15) is 0 Å². The summed E-state index contributed by atoms with van der Waals surface area (Å²) in [4.78, 5) is 2.50. The van der Waals surface area contributed by atoms with Crippen molar-refractivity contribution in [1.82, 2.24) is 4.90 Å². The molecule has 0 saturated carbocycles. The highest BCUT2D eigenvalue weighted by Crippen LogP contribution is 2.52. The lowest BCUT2D eigenvalue weighted by Gasteiger charge is -2.48. The molecule has 6 rings (SSSR count). The van der Waals surface area contributed by atoms with Crippen LogP contribution in [0.1, 0.15) is 75.7 Å². The van der Waals surface area contributed by atoms with Gasteiger partial charge in [0.05, 0.1) is 12.2 Å². The van der Waals surface area contributed by atoms with Crippen molar-refractivity contribution < 1.29 is 18.9 Å². The second-order valence-corrected chi connectivity index (χ2v) is 12.7. The lowest BCUT2D eigenvalue weighted by molar-refractivity contribution is -0.144. The van der Waals surface area contributed by atoms with Crippen molar-refractivity contribution >= 4 is 5.69 Å². The summed E-state index contributed by atoms with van der Waals surface area (Å²) < 4.78 is 25.7. The molecule has 42 heavy (non-hydrogen) atoms. The highest BCUT2D eigenvalue weighted by atomic mass is 16.5. The average Bonchev–Trinajstić information content (AvgIpc) is 3.00. The second kappa shape index (κ2) is 13.0. The first-order valence-electron chi connectivity index (χ1n) is 15.8. The number of nitrogens with zero attached hydrogens (tertiary/aromatic N) is 1. The summed E-state index contributed by atoms with van der Waals surface area (Å²) in [7, 11) is 0. The Morgan fingerprint density at radius 2 is 1.71 bits per heavy atom. The Labute approximate surface area is 251 Å². The number of hydrogen-bond acceptors (Lipinski definition) is 6. The second-order valence-electron chi connectivity index (χ2n) is 12.7. The Kier molecular flexibility index (Phi) is 8.92. The molecule has 3 heterocycles. The predicted octanol–water partition coefficient (Wildman–Crippen LogP) is 7.77. The van der Waals surface area contributed by atoms with Gasteiger partial charge in [-0.25, -0.2) is 0 Å². The van der Waals surface area contributed by atoms with Gasteiger partial charge in [0, 0.05) is 35.8 Å². The van der Waals surface area contributed by atoms with Crippen molar-refractivity contribution in [3.05, 3.63) is 83.4 Å². The maximum atomic E-state index is 6.65. The van der Waals surface area contributed by atoms with Gasteiger partial charge in [0.25, 0.3) is 0 Å². The van der Waals surface area contributed by atoms with Crippen LogP contribution in [0.25, 0.3) is 0 Å². The number of rotatable bonds is 10. The van der Waals surface area contributed by atoms with Gasteiger partial charge in [-0.15, -0.1) is 0 Å². The largest absolute Gasteiger partial charge is 0.492 e. The molecule has 0 radical (unpaired) electrons. The molecule has 0 aliphatic carbocycles. The molecule has 3 aromatic carbocycles. The summed E-state index contributed by atoms with van der Waals surface area (Å²) in [6.07, 6.45) is 6.38. The van der Waals surface area contributed by atoms with E-state index in [1.165, 1.54) is 32.4 Å². The van der Waals surface area contributed by atoms with E-state index in [0.29, 0.717) is 19.1 Å². The highest BCUT2D eigenvalue weighted by molar-refractivity contribution is 5.52. The molecular weight excluding hydrogens is 524 g/mol. The molecule has 3 aliphatic rings. The Morgan fingerprint density at radius 1 is 0.929 bits per heavy atom. The Hall–Kier alpha value is -3.22. The van der Waals surface area contributed by atoms with Crippen LogP contribution in [0.15, 0.2) is 66.7 Å². The van der Waals surface area contributed by atoms with Crippen LogP contribution in [0.3, 0.4) is 0 Å². The van der Waals surface area contributed by atoms with Crippen LogP contribution < -0.4 is 19.5 Å². The molecular formula is C36H46N2O4. The fraction of sp³-hybridized carbons (Fsp3) is 0.500. The normalized spacial score (nSPS) is 23.3. The monoisotopic (exact) mass is 570 g/mol. The molecule has 0 bridgehead atoms. The molecule has 0 spiro atoms. The molecule has 224 valence electrons. The van der Waals surface area contributed by atoms with Gasteiger partial charge in [0.2, 0.25) is 0 Å². The van der Waals surface area contributed by atoms with E-state index in [4.69, 9.17) is 18.9 Å². The standard InChI is InChI=1S/C36H46N2O4/c1-26-12-17-32-35(41-26)31-23-33(40-25-27-10-6-4-7-11-27)28(22-34(31)42-36(32,2)3)24-37-29-13-15-30(16-14-29)39-21-20-38-18-8-5-9-19-38/h4,6-7,10-11,13-16,22-23,26,32,35,37H,5,8-9,12,17-21,24-25H2,1-3H3/t26-,32-,35+/m0/s1. The average molecular weight is 571 g/mol. The van der Waals surface area contributed by atoms with Gasteiger partial charge in [-0.1, -0.05) is 36.8 Å². The number of fused-ring (bicyclic) bond motifs is 3. The molecule has 2 saturated heterocycles. The zero-order valence-corrected chi connectivity index (χ0v) is 25.4. The molecule has 2 fully saturated rings. The lowest BCUT2D eigenvalue weighted by Crippen LogP contribution is -2.48. The molecule has 0 amide bonds. The SMILES string of the molecule is C[C@H]1CC[C@H]2[C@H](O1)c1cc(OCc3ccccc3)c(CNc3ccc(OCCN4CCCCC4)cc3)cc1OC2(C)C. The van der Waals surface area contributed by atoms with Gasteiger partial charge in [-0.2, -0.15) is 0 Å². The van der Waals surface area contributed by atoms with E-state index in [-0.39, 0.29) is 17.8 Å². The van der Waals surface area contributed by atoms with Gasteiger partial charge < -0.3 is 24.3 Å². The van der Waals surface area contributed by atoms with Crippen molar-refractivity contribution in [2.75, 3.05) is 31.6 Å². The van der Waals surface area contributed by atoms with Crippen molar-refractivity contribution in [1.29, 1.82) is 0 Å². The van der Waals surface area contributed by atoms with Crippen LogP contribution in [0.5, 0.6) is 17.2 Å². The van der Waals surface area contributed by atoms with Crippen molar-refractivity contribution in [3.8, 4) is 17.2 Å². The van der Waals surface area contributed by atoms with Crippen molar-refractivity contribution in [2.24, 2.45) is 5.92 Å². The fourth-order valence-corrected chi connectivity index (χ4v) is 6.62. The topological polar surface area (TPSA) is 52.2 Å². The van der Waals surface area contributed by atoms with Gasteiger partial charge >= 0.3 is 0 Å². The summed E-state index contributed by atoms with van der Waals surface area (Å²) in [6.45, 7) is 11.8. The zero-order chi connectivity index (χ0) is 28.9. The highest BCUT2D eigenvalue weighted by Gasteiger charge is 2.47. The van der Waals surface area contributed by atoms with Gasteiger partial charge in [0.1, 0.15) is 36.1 Å². The summed E-state index contributed by atoms with van der Waals surface area (Å²) in [6, 6.07) is 22.9. The Bertz CT molecular complexity index is 1300. The van der Waals surface area contributed by atoms with Crippen LogP contribution in [0.2, 0.25) is 0 Å². The van der Waals surface area contributed by atoms with Gasteiger partial charge in [-0.05, 0) is 102 Å². The third-order valence-corrected chi connectivity index (χ3v) is 9.09. The summed E-state index contributed by atoms with van der Waals surface area (Å²) in [5.74, 6) is 2.99. The van der Waals surface area contributed by atoms with Crippen LogP contribution in [-0.2, 0) is 17.9 Å². The van der Waals surface area contributed by atoms with Gasteiger partial charge in [-0.3, -0.25) is 4.90 Å². The van der Waals surface area contributed by atoms with Crippen molar-refractivity contribution in [2.45, 2.75) is 83.8 Å². The number of nitrogens with one attached hydrogen (secondary N) is 1. The molecule has 1 N–H and O–H groups in total. The summed E-state index contributed by atoms with van der Waals surface area (Å²) in [5.41, 5.74) is 4.05. The first-order valence-corrected chi connectivity index (χ1v) is 15.8. The number of hydrogen-bond donors (Lipinski definition) is 1. The van der Waals surface area contributed by atoms with Crippen LogP contribution in [-0.4, -0.2) is 42.8 Å². The van der Waals surface area contributed by atoms with E-state index in [1.54, 1.807) is 0 Å². The Balaban J connectivity index is 1.16. The maximum Gasteiger partial charge on any atom is 0.126 e. The minimum absolute atomic E-state index is 0.0102. The van der Waals surface area contributed by atoms with E-state index in [1.807, 2.05) is 30.3 Å². The summed E-state index contributed by atoms with van der Waals surface area (Å²) >= 11 is 0. The minimum atomic E-state index is -0.293. The van der Waals surface area contributed by atoms with Gasteiger partial charge in [0.15, 0.2) is 0 Å². The van der Waals surface area contributed by atoms with Crippen LogP contribution in [0.4, 0.5) is 5.69 Å². The molecule has 6 nitrogen and oxygen atoms in total. The quantitative estimate of drug-likeness (QED) is 0.269. The maximum absolute atomic E-state index is 6.65. The lowest BCUT2D eigenvalue weighted by atomic mass is 9.75. The van der Waals surface area contributed by atoms with E-state index < -0.39 is 0 Å². The molecule has 3 aliphatic heterocycles. The van der Waals surface area contributed by atoms with Crippen LogP contribution >= 0.6 is 0 Å². The predicted molar refractivity (Wildman–Crippen MR) is 167 cm³/mol. The number of anilines is 1. The Morgan fingerprint density at radius 3 is 2.50 bits per heavy atom. The minimum Gasteiger partial charge on any atom is -0.492 e. The zero-order valence-electron chi connectivity index (χ0n) is 25.4. The fourth-order valence-electron chi connectivity index (χ4n) is 6.62. The van der Waals surface area contributed by atoms with Crippen molar-refractivity contribution in [3.63, 3.8) is 0 Å². The molecule has 3 atom stereocenters. The molecule has 0 unspecified atom stereocenters. The first kappa shape index (κ1) is 28.9. The van der Waals surface area contributed by atoms with E-state index >= 15 is 0 Å². The molecule has 6 heteroatoms. The third-order valence-electron chi connectivity index (χ3n) is 9.09. The number of piperidine rings is 1. The first-order chi connectivity index (χ1) is 20.4. The molecule has 3 aromatic rings. The van der Waals surface area contributed by atoms with Crippen LogP contribution in [0, 0.1) is 5.92 Å². The number of benzene rings is 3.